The van der Waals surface area contributed by atoms with Gasteiger partial charge in [0, 0.05) is 12.6 Å². The normalized spacial score (nSPS) is 15.5. The topological polar surface area (TPSA) is 81.6 Å². The molecule has 5 nitrogen and oxygen atoms in total. The van der Waals surface area contributed by atoms with Gasteiger partial charge in [0.1, 0.15) is 5.75 Å². The quantitative estimate of drug-likeness (QED) is 0.565. The molecule has 116 valence electrons. The molecule has 1 aliphatic rings. The predicted octanol–water partition coefficient (Wildman–Crippen LogP) is 1.77. The number of hydrogen-bond acceptors (Lipinski definition) is 4. The SMILES string of the molecule is NC(=O)CN(CCCOc1ccccc1N)C1CCCC1. The lowest BCUT2D eigenvalue weighted by Gasteiger charge is -2.27. The van der Waals surface area contributed by atoms with Crippen molar-refractivity contribution in [2.45, 2.75) is 38.1 Å². The van der Waals surface area contributed by atoms with Crippen LogP contribution >= 0.6 is 0 Å². The Morgan fingerprint density at radius 3 is 2.67 bits per heavy atom. The van der Waals surface area contributed by atoms with E-state index in [2.05, 4.69) is 4.90 Å². The molecule has 0 saturated heterocycles. The van der Waals surface area contributed by atoms with E-state index in [9.17, 15) is 4.79 Å². The van der Waals surface area contributed by atoms with Gasteiger partial charge >= 0.3 is 0 Å². The Hall–Kier alpha value is -1.75. The number of carbonyl (C=O) groups is 1. The van der Waals surface area contributed by atoms with Gasteiger partial charge < -0.3 is 16.2 Å². The standard InChI is InChI=1S/C16H25N3O2/c17-14-8-3-4-9-15(14)21-11-5-10-19(12-16(18)20)13-6-1-2-7-13/h3-4,8-9,13H,1-2,5-7,10-12,17H2,(H2,18,20). The van der Waals surface area contributed by atoms with E-state index < -0.39 is 0 Å². The minimum Gasteiger partial charge on any atom is -0.491 e. The number of amides is 1. The van der Waals surface area contributed by atoms with Crippen molar-refractivity contribution in [2.24, 2.45) is 5.73 Å². The van der Waals surface area contributed by atoms with Crippen LogP contribution in [0.5, 0.6) is 5.75 Å². The second-order valence-electron chi connectivity index (χ2n) is 5.61. The van der Waals surface area contributed by atoms with Gasteiger partial charge in [-0.05, 0) is 31.4 Å². The van der Waals surface area contributed by atoms with E-state index >= 15 is 0 Å². The van der Waals surface area contributed by atoms with Gasteiger partial charge in [-0.3, -0.25) is 9.69 Å². The third kappa shape index (κ3) is 4.93. The Morgan fingerprint density at radius 1 is 1.29 bits per heavy atom. The molecule has 21 heavy (non-hydrogen) atoms. The third-order valence-electron chi connectivity index (χ3n) is 3.97. The molecule has 0 bridgehead atoms. The summed E-state index contributed by atoms with van der Waals surface area (Å²) in [6, 6.07) is 7.99. The van der Waals surface area contributed by atoms with Crippen molar-refractivity contribution < 1.29 is 9.53 Å². The van der Waals surface area contributed by atoms with Crippen molar-refractivity contribution >= 4 is 11.6 Å². The largest absolute Gasteiger partial charge is 0.491 e. The van der Waals surface area contributed by atoms with Gasteiger partial charge in [-0.15, -0.1) is 0 Å². The molecule has 0 radical (unpaired) electrons. The first-order valence-corrected chi connectivity index (χ1v) is 7.66. The molecule has 1 saturated carbocycles. The van der Waals surface area contributed by atoms with Crippen LogP contribution in [-0.2, 0) is 4.79 Å². The lowest BCUT2D eigenvalue weighted by Crippen LogP contribution is -2.41. The Bertz CT molecular complexity index is 459. The number of anilines is 1. The van der Waals surface area contributed by atoms with Crippen LogP contribution in [0, 0.1) is 0 Å². The molecular weight excluding hydrogens is 266 g/mol. The highest BCUT2D eigenvalue weighted by atomic mass is 16.5. The fraction of sp³-hybridized carbons (Fsp3) is 0.562. The van der Waals surface area contributed by atoms with Crippen LogP contribution in [0.2, 0.25) is 0 Å². The number of primary amides is 1. The van der Waals surface area contributed by atoms with Crippen LogP contribution in [-0.4, -0.2) is 36.5 Å². The molecule has 1 aromatic carbocycles. The average Bonchev–Trinajstić information content (AvgIpc) is 2.97. The number of benzene rings is 1. The average molecular weight is 291 g/mol. The highest BCUT2D eigenvalue weighted by Gasteiger charge is 2.23. The third-order valence-corrected chi connectivity index (χ3v) is 3.97. The molecule has 2 rings (SSSR count). The summed E-state index contributed by atoms with van der Waals surface area (Å²) in [5.74, 6) is 0.468. The van der Waals surface area contributed by atoms with Crippen molar-refractivity contribution in [3.8, 4) is 5.75 Å². The molecule has 0 aliphatic heterocycles. The molecule has 0 heterocycles. The van der Waals surface area contributed by atoms with Crippen molar-refractivity contribution in [2.75, 3.05) is 25.4 Å². The zero-order valence-electron chi connectivity index (χ0n) is 12.5. The van der Waals surface area contributed by atoms with Gasteiger partial charge in [-0.1, -0.05) is 25.0 Å². The van der Waals surface area contributed by atoms with Crippen LogP contribution in [0.1, 0.15) is 32.1 Å². The number of para-hydroxylation sites is 2. The number of hydrogen-bond donors (Lipinski definition) is 2. The number of nitrogen functional groups attached to an aromatic ring is 1. The maximum absolute atomic E-state index is 11.2. The second-order valence-corrected chi connectivity index (χ2v) is 5.61. The summed E-state index contributed by atoms with van der Waals surface area (Å²) in [6.07, 6.45) is 5.69. The lowest BCUT2D eigenvalue weighted by atomic mass is 10.2. The minimum atomic E-state index is -0.255. The molecule has 0 atom stereocenters. The van der Waals surface area contributed by atoms with Gasteiger partial charge in [0.15, 0.2) is 0 Å². The monoisotopic (exact) mass is 291 g/mol. The molecule has 1 amide bonds. The maximum atomic E-state index is 11.2. The fourth-order valence-corrected chi connectivity index (χ4v) is 2.92. The van der Waals surface area contributed by atoms with E-state index in [1.54, 1.807) is 0 Å². The molecular formula is C16H25N3O2. The Labute approximate surface area is 126 Å². The van der Waals surface area contributed by atoms with Gasteiger partial charge in [0.05, 0.1) is 18.8 Å². The zero-order chi connectivity index (χ0) is 15.1. The Kier molecular flexibility index (Phi) is 5.87. The van der Waals surface area contributed by atoms with E-state index in [0.29, 0.717) is 24.9 Å². The van der Waals surface area contributed by atoms with Crippen molar-refractivity contribution in [3.05, 3.63) is 24.3 Å². The summed E-state index contributed by atoms with van der Waals surface area (Å²) in [7, 11) is 0. The molecule has 0 unspecified atom stereocenters. The second kappa shape index (κ2) is 7.88. The Balaban J connectivity index is 1.76. The molecule has 1 aliphatic carbocycles. The van der Waals surface area contributed by atoms with Crippen molar-refractivity contribution in [3.63, 3.8) is 0 Å². The highest BCUT2D eigenvalue weighted by Crippen LogP contribution is 2.24. The van der Waals surface area contributed by atoms with E-state index in [-0.39, 0.29) is 5.91 Å². The van der Waals surface area contributed by atoms with Crippen LogP contribution in [0.15, 0.2) is 24.3 Å². The minimum absolute atomic E-state index is 0.255. The van der Waals surface area contributed by atoms with Crippen molar-refractivity contribution in [1.29, 1.82) is 0 Å². The fourth-order valence-electron chi connectivity index (χ4n) is 2.92. The molecule has 0 aromatic heterocycles. The molecule has 0 spiro atoms. The van der Waals surface area contributed by atoms with E-state index in [0.717, 1.165) is 18.7 Å². The first-order chi connectivity index (χ1) is 10.2. The summed E-state index contributed by atoms with van der Waals surface area (Å²) < 4.78 is 5.69. The lowest BCUT2D eigenvalue weighted by molar-refractivity contribution is -0.119. The van der Waals surface area contributed by atoms with E-state index in [1.807, 2.05) is 24.3 Å². The number of carbonyl (C=O) groups excluding carboxylic acids is 1. The summed E-state index contributed by atoms with van der Waals surface area (Å²) >= 11 is 0. The molecule has 1 aromatic rings. The summed E-state index contributed by atoms with van der Waals surface area (Å²) in [5.41, 5.74) is 11.8. The van der Waals surface area contributed by atoms with E-state index in [1.165, 1.54) is 25.7 Å². The van der Waals surface area contributed by atoms with Gasteiger partial charge in [-0.25, -0.2) is 0 Å². The molecule has 1 fully saturated rings. The summed E-state index contributed by atoms with van der Waals surface area (Å²) in [5, 5.41) is 0. The van der Waals surface area contributed by atoms with E-state index in [4.69, 9.17) is 16.2 Å². The zero-order valence-corrected chi connectivity index (χ0v) is 12.5. The number of rotatable bonds is 8. The van der Waals surface area contributed by atoms with Crippen LogP contribution in [0.3, 0.4) is 0 Å². The summed E-state index contributed by atoms with van der Waals surface area (Å²) in [6.45, 7) is 1.77. The first kappa shape index (κ1) is 15.6. The van der Waals surface area contributed by atoms with Crippen LogP contribution in [0.4, 0.5) is 5.69 Å². The van der Waals surface area contributed by atoms with Crippen LogP contribution < -0.4 is 16.2 Å². The maximum Gasteiger partial charge on any atom is 0.231 e. The summed E-state index contributed by atoms with van der Waals surface area (Å²) in [4.78, 5) is 13.4. The Morgan fingerprint density at radius 2 is 2.00 bits per heavy atom. The number of ether oxygens (including phenoxy) is 1. The first-order valence-electron chi connectivity index (χ1n) is 7.66. The predicted molar refractivity (Wildman–Crippen MR) is 84.0 cm³/mol. The smallest absolute Gasteiger partial charge is 0.231 e. The number of nitrogens with two attached hydrogens (primary N) is 2. The van der Waals surface area contributed by atoms with Gasteiger partial charge in [0.25, 0.3) is 0 Å². The van der Waals surface area contributed by atoms with Gasteiger partial charge in [0.2, 0.25) is 5.91 Å². The van der Waals surface area contributed by atoms with Crippen LogP contribution in [0.25, 0.3) is 0 Å². The highest BCUT2D eigenvalue weighted by molar-refractivity contribution is 5.75. The molecule has 4 N–H and O–H groups in total. The molecule has 5 heteroatoms. The van der Waals surface area contributed by atoms with Crippen molar-refractivity contribution in [1.82, 2.24) is 4.90 Å². The number of nitrogens with zero attached hydrogens (tertiary/aromatic N) is 1. The van der Waals surface area contributed by atoms with Gasteiger partial charge in [-0.2, -0.15) is 0 Å².